The van der Waals surface area contributed by atoms with E-state index in [2.05, 4.69) is 4.72 Å². The fourth-order valence-electron chi connectivity index (χ4n) is 1.29. The maximum atomic E-state index is 13.8. The van der Waals surface area contributed by atoms with Crippen LogP contribution in [0, 0.1) is 5.82 Å². The molecule has 0 heterocycles. The van der Waals surface area contributed by atoms with Crippen LogP contribution in [0.1, 0.15) is 32.4 Å². The summed E-state index contributed by atoms with van der Waals surface area (Å²) in [4.78, 5) is 0. The van der Waals surface area contributed by atoms with Gasteiger partial charge in [0, 0.05) is 5.56 Å². The average Bonchev–Trinajstić information content (AvgIpc) is 2.28. The van der Waals surface area contributed by atoms with Gasteiger partial charge in [0.15, 0.2) is 0 Å². The lowest BCUT2D eigenvalue weighted by molar-refractivity contribution is 0.257. The number of aliphatic hydroxyl groups is 1. The van der Waals surface area contributed by atoms with Crippen molar-refractivity contribution in [1.29, 1.82) is 0 Å². The normalized spacial score (nSPS) is 15.4. The number of hydrogen-bond donors (Lipinski definition) is 2. The van der Waals surface area contributed by atoms with Gasteiger partial charge in [0.1, 0.15) is 5.82 Å². The smallest absolute Gasteiger partial charge is 0.146 e. The van der Waals surface area contributed by atoms with Crippen molar-refractivity contribution in [3.63, 3.8) is 0 Å². The van der Waals surface area contributed by atoms with Crippen LogP contribution < -0.4 is 4.72 Å². The predicted octanol–water partition coefficient (Wildman–Crippen LogP) is 2.56. The highest BCUT2D eigenvalue weighted by atomic mass is 35.5. The Hall–Kier alpha value is -0.490. The Morgan fingerprint density at radius 2 is 2.11 bits per heavy atom. The number of hydrogen-bond acceptors (Lipinski definition) is 2. The van der Waals surface area contributed by atoms with Crippen LogP contribution in [0.25, 0.3) is 0 Å². The summed E-state index contributed by atoms with van der Waals surface area (Å²) in [5, 5.41) is 9.28. The van der Waals surface area contributed by atoms with Gasteiger partial charge in [-0.05, 0) is 26.8 Å². The van der Waals surface area contributed by atoms with E-state index in [0.29, 0.717) is 0 Å². The van der Waals surface area contributed by atoms with E-state index < -0.39 is 27.6 Å². The molecule has 0 spiro atoms. The zero-order chi connectivity index (χ0) is 13.9. The number of benzene rings is 1. The van der Waals surface area contributed by atoms with Gasteiger partial charge in [-0.25, -0.2) is 13.3 Å². The van der Waals surface area contributed by atoms with E-state index >= 15 is 0 Å². The first-order valence-corrected chi connectivity index (χ1v) is 7.03. The standard InChI is InChI=1S/C12H17ClFNO2S/c1-12(2,3)18(17)15-10(7-16)8-5-4-6-9(13)11(8)14/h4-6,10,15-16H,7H2,1-3H3. The van der Waals surface area contributed by atoms with Gasteiger partial charge >= 0.3 is 0 Å². The summed E-state index contributed by atoms with van der Waals surface area (Å²) in [7, 11) is -1.40. The molecule has 0 aliphatic rings. The van der Waals surface area contributed by atoms with E-state index in [1.165, 1.54) is 12.1 Å². The molecule has 2 atom stereocenters. The summed E-state index contributed by atoms with van der Waals surface area (Å²) in [6.45, 7) is 5.01. The van der Waals surface area contributed by atoms with Gasteiger partial charge in [-0.3, -0.25) is 0 Å². The van der Waals surface area contributed by atoms with Crippen LogP contribution in [0.2, 0.25) is 5.02 Å². The molecule has 1 aromatic rings. The Kier molecular flexibility index (Phi) is 5.28. The number of rotatable bonds is 4. The van der Waals surface area contributed by atoms with E-state index in [-0.39, 0.29) is 17.2 Å². The number of nitrogens with one attached hydrogen (secondary N) is 1. The van der Waals surface area contributed by atoms with Crippen LogP contribution in [-0.2, 0) is 11.0 Å². The molecule has 0 bridgehead atoms. The second-order valence-electron chi connectivity index (χ2n) is 4.88. The van der Waals surface area contributed by atoms with Crippen molar-refractivity contribution in [1.82, 2.24) is 4.72 Å². The quantitative estimate of drug-likeness (QED) is 0.896. The summed E-state index contributed by atoms with van der Waals surface area (Å²) >= 11 is 5.68. The molecule has 1 aromatic carbocycles. The third-order valence-electron chi connectivity index (χ3n) is 2.34. The van der Waals surface area contributed by atoms with E-state index in [1.54, 1.807) is 26.8 Å². The molecule has 1 rings (SSSR count). The molecule has 0 aliphatic heterocycles. The maximum Gasteiger partial charge on any atom is 0.146 e. The van der Waals surface area contributed by atoms with E-state index in [9.17, 15) is 13.7 Å². The van der Waals surface area contributed by atoms with E-state index in [4.69, 9.17) is 11.6 Å². The zero-order valence-corrected chi connectivity index (χ0v) is 12.1. The van der Waals surface area contributed by atoms with Crippen molar-refractivity contribution in [3.8, 4) is 0 Å². The lowest BCUT2D eigenvalue weighted by Crippen LogP contribution is -2.37. The number of halogens is 2. The summed E-state index contributed by atoms with van der Waals surface area (Å²) in [6, 6.07) is 3.78. The van der Waals surface area contributed by atoms with Crippen LogP contribution in [0.15, 0.2) is 18.2 Å². The molecule has 0 aromatic heterocycles. The van der Waals surface area contributed by atoms with Crippen molar-refractivity contribution >= 4 is 22.6 Å². The summed E-state index contributed by atoms with van der Waals surface area (Å²) in [6.07, 6.45) is 0. The predicted molar refractivity (Wildman–Crippen MR) is 72.3 cm³/mol. The fourth-order valence-corrected chi connectivity index (χ4v) is 2.29. The highest BCUT2D eigenvalue weighted by Gasteiger charge is 2.25. The molecule has 0 fully saturated rings. The first-order chi connectivity index (χ1) is 8.27. The topological polar surface area (TPSA) is 49.3 Å². The highest BCUT2D eigenvalue weighted by Crippen LogP contribution is 2.24. The highest BCUT2D eigenvalue weighted by molar-refractivity contribution is 7.84. The van der Waals surface area contributed by atoms with Crippen molar-refractivity contribution in [3.05, 3.63) is 34.6 Å². The molecule has 0 radical (unpaired) electrons. The van der Waals surface area contributed by atoms with Crippen LogP contribution in [0.3, 0.4) is 0 Å². The van der Waals surface area contributed by atoms with Gasteiger partial charge in [-0.1, -0.05) is 23.7 Å². The second-order valence-corrected chi connectivity index (χ2v) is 7.28. The monoisotopic (exact) mass is 293 g/mol. The van der Waals surface area contributed by atoms with Crippen molar-refractivity contribution in [2.24, 2.45) is 0 Å². The molecule has 0 aliphatic carbocycles. The first-order valence-electron chi connectivity index (χ1n) is 5.50. The van der Waals surface area contributed by atoms with E-state index in [1.807, 2.05) is 0 Å². The molecule has 102 valence electrons. The third-order valence-corrected chi connectivity index (χ3v) is 4.25. The Labute approximate surface area is 114 Å². The molecule has 0 amide bonds. The van der Waals surface area contributed by atoms with Crippen LogP contribution in [-0.4, -0.2) is 20.7 Å². The van der Waals surface area contributed by atoms with Gasteiger partial charge in [-0.15, -0.1) is 0 Å². The second kappa shape index (κ2) is 6.10. The Morgan fingerprint density at radius 1 is 1.50 bits per heavy atom. The summed E-state index contributed by atoms with van der Waals surface area (Å²) in [5.74, 6) is -0.600. The minimum Gasteiger partial charge on any atom is -0.394 e. The van der Waals surface area contributed by atoms with Crippen LogP contribution in [0.4, 0.5) is 4.39 Å². The van der Waals surface area contributed by atoms with Gasteiger partial charge in [0.2, 0.25) is 0 Å². The Balaban J connectivity index is 2.97. The molecule has 0 saturated heterocycles. The molecule has 3 nitrogen and oxygen atoms in total. The largest absolute Gasteiger partial charge is 0.394 e. The number of aliphatic hydroxyl groups excluding tert-OH is 1. The third kappa shape index (κ3) is 3.75. The Morgan fingerprint density at radius 3 is 2.61 bits per heavy atom. The maximum absolute atomic E-state index is 13.8. The van der Waals surface area contributed by atoms with Crippen LogP contribution >= 0.6 is 11.6 Å². The Bertz CT molecular complexity index is 448. The molecular formula is C12H17ClFNO2S. The SMILES string of the molecule is CC(C)(C)S(=O)NC(CO)c1cccc(Cl)c1F. The molecule has 2 N–H and O–H groups in total. The lowest BCUT2D eigenvalue weighted by atomic mass is 10.1. The van der Waals surface area contributed by atoms with Gasteiger partial charge in [-0.2, -0.15) is 0 Å². The molecule has 2 unspecified atom stereocenters. The van der Waals surface area contributed by atoms with Gasteiger partial charge in [0.25, 0.3) is 0 Å². The summed E-state index contributed by atoms with van der Waals surface area (Å²) < 4.78 is 28.0. The van der Waals surface area contributed by atoms with E-state index in [0.717, 1.165) is 0 Å². The zero-order valence-electron chi connectivity index (χ0n) is 10.5. The fraction of sp³-hybridized carbons (Fsp3) is 0.500. The minimum atomic E-state index is -1.40. The lowest BCUT2D eigenvalue weighted by Gasteiger charge is -2.23. The molecular weight excluding hydrogens is 277 g/mol. The van der Waals surface area contributed by atoms with Gasteiger partial charge in [0.05, 0.1) is 33.4 Å². The van der Waals surface area contributed by atoms with Crippen LogP contribution in [0.5, 0.6) is 0 Å². The van der Waals surface area contributed by atoms with Crippen molar-refractivity contribution in [2.75, 3.05) is 6.61 Å². The van der Waals surface area contributed by atoms with Crippen molar-refractivity contribution in [2.45, 2.75) is 31.6 Å². The summed E-state index contributed by atoms with van der Waals surface area (Å²) in [5.41, 5.74) is 0.211. The molecule has 18 heavy (non-hydrogen) atoms. The molecule has 0 saturated carbocycles. The first kappa shape index (κ1) is 15.6. The van der Waals surface area contributed by atoms with Crippen molar-refractivity contribution < 1.29 is 13.7 Å². The van der Waals surface area contributed by atoms with Gasteiger partial charge < -0.3 is 5.11 Å². The average molecular weight is 294 g/mol. The minimum absolute atomic E-state index is 0.0192. The molecule has 6 heteroatoms.